The lowest BCUT2D eigenvalue weighted by Gasteiger charge is -2.14. The van der Waals surface area contributed by atoms with E-state index in [-0.39, 0.29) is 25.6 Å². The van der Waals surface area contributed by atoms with E-state index < -0.39 is 5.97 Å². The molecule has 1 N–H and O–H groups in total. The highest BCUT2D eigenvalue weighted by Crippen LogP contribution is 2.30. The molecule has 2 aromatic carbocycles. The van der Waals surface area contributed by atoms with E-state index in [1.54, 1.807) is 18.2 Å². The number of rotatable bonds is 11. The third-order valence-electron chi connectivity index (χ3n) is 4.31. The molecule has 0 aliphatic rings. The lowest BCUT2D eigenvalue weighted by atomic mass is 9.98. The minimum atomic E-state index is -0.507. The fourth-order valence-corrected chi connectivity index (χ4v) is 2.92. The molecule has 0 atom stereocenters. The predicted molar refractivity (Wildman–Crippen MR) is 108 cm³/mol. The summed E-state index contributed by atoms with van der Waals surface area (Å²) in [7, 11) is 0. The number of halogens is 1. The van der Waals surface area contributed by atoms with E-state index in [4.69, 9.17) is 14.6 Å². The minimum Gasteiger partial charge on any atom is -0.490 e. The van der Waals surface area contributed by atoms with Crippen LogP contribution in [-0.2, 0) is 22.4 Å². The molecule has 0 heterocycles. The van der Waals surface area contributed by atoms with Gasteiger partial charge >= 0.3 is 5.97 Å². The van der Waals surface area contributed by atoms with Crippen LogP contribution in [0.3, 0.4) is 0 Å². The topological polar surface area (TPSA) is 55.8 Å². The number of aryl methyl sites for hydroxylation is 2. The molecule has 4 nitrogen and oxygen atoms in total. The molecule has 5 heteroatoms. The van der Waals surface area contributed by atoms with Crippen LogP contribution in [-0.4, -0.2) is 30.9 Å². The Balaban J connectivity index is 2.21. The van der Waals surface area contributed by atoms with Crippen LogP contribution >= 0.6 is 0 Å². The molecule has 28 heavy (non-hydrogen) atoms. The Bertz CT molecular complexity index is 801. The molecule has 0 aliphatic carbocycles. The lowest BCUT2D eigenvalue weighted by Crippen LogP contribution is -2.11. The first-order valence-electron chi connectivity index (χ1n) is 9.53. The third kappa shape index (κ3) is 6.20. The standard InChI is InChI=1S/C23H27FO4/c1-3-6-17-8-11-20(21(24)15-17)19-10-9-18(7-5-12-25)22(16-19)27-13-14-28-23(26)4-2/h4,8-11,15-16,25H,2-3,5-7,12-14H2,1H3. The lowest BCUT2D eigenvalue weighted by molar-refractivity contribution is -0.138. The summed E-state index contributed by atoms with van der Waals surface area (Å²) in [5, 5.41) is 9.10. The van der Waals surface area contributed by atoms with Crippen molar-refractivity contribution in [3.8, 4) is 16.9 Å². The Morgan fingerprint density at radius 1 is 1.18 bits per heavy atom. The van der Waals surface area contributed by atoms with Gasteiger partial charge in [-0.05, 0) is 48.1 Å². The van der Waals surface area contributed by atoms with Crippen molar-refractivity contribution in [3.05, 3.63) is 66.0 Å². The van der Waals surface area contributed by atoms with Gasteiger partial charge in [-0.3, -0.25) is 0 Å². The van der Waals surface area contributed by atoms with Crippen molar-refractivity contribution in [2.75, 3.05) is 19.8 Å². The van der Waals surface area contributed by atoms with Crippen LogP contribution in [0.5, 0.6) is 5.75 Å². The SMILES string of the molecule is C=CC(=O)OCCOc1cc(-c2ccc(CCC)cc2F)ccc1CCCO. The molecule has 2 rings (SSSR count). The Kier molecular flexibility index (Phi) is 8.69. The van der Waals surface area contributed by atoms with Crippen molar-refractivity contribution < 1.29 is 23.8 Å². The number of esters is 1. The van der Waals surface area contributed by atoms with Gasteiger partial charge < -0.3 is 14.6 Å². The summed E-state index contributed by atoms with van der Waals surface area (Å²) in [5.74, 6) is -0.176. The van der Waals surface area contributed by atoms with E-state index in [2.05, 4.69) is 13.5 Å². The monoisotopic (exact) mass is 386 g/mol. The highest BCUT2D eigenvalue weighted by molar-refractivity contribution is 5.81. The van der Waals surface area contributed by atoms with Crippen LogP contribution in [0, 0.1) is 5.82 Å². The van der Waals surface area contributed by atoms with Gasteiger partial charge in [0, 0.05) is 18.2 Å². The molecule has 0 fully saturated rings. The number of aliphatic hydroxyl groups is 1. The molecular formula is C23H27FO4. The summed E-state index contributed by atoms with van der Waals surface area (Å²) >= 11 is 0. The first-order chi connectivity index (χ1) is 13.6. The number of hydrogen-bond donors (Lipinski definition) is 1. The van der Waals surface area contributed by atoms with Crippen molar-refractivity contribution in [1.82, 2.24) is 0 Å². The molecular weight excluding hydrogens is 359 g/mol. The van der Waals surface area contributed by atoms with Crippen molar-refractivity contribution in [2.45, 2.75) is 32.6 Å². The van der Waals surface area contributed by atoms with Crippen molar-refractivity contribution in [1.29, 1.82) is 0 Å². The molecule has 0 radical (unpaired) electrons. The third-order valence-corrected chi connectivity index (χ3v) is 4.31. The van der Waals surface area contributed by atoms with Gasteiger partial charge in [-0.25, -0.2) is 9.18 Å². The van der Waals surface area contributed by atoms with Gasteiger partial charge in [-0.15, -0.1) is 0 Å². The second kappa shape index (κ2) is 11.2. The normalized spacial score (nSPS) is 10.5. The Labute approximate surface area is 165 Å². The van der Waals surface area contributed by atoms with Crippen molar-refractivity contribution in [2.24, 2.45) is 0 Å². The predicted octanol–water partition coefficient (Wildman–Crippen LogP) is 4.48. The minimum absolute atomic E-state index is 0.0751. The molecule has 0 saturated carbocycles. The largest absolute Gasteiger partial charge is 0.490 e. The van der Waals surface area contributed by atoms with Gasteiger partial charge in [-0.1, -0.05) is 44.2 Å². The molecule has 2 aromatic rings. The number of carbonyl (C=O) groups excluding carboxylic acids is 1. The zero-order valence-electron chi connectivity index (χ0n) is 16.2. The molecule has 0 unspecified atom stereocenters. The van der Waals surface area contributed by atoms with E-state index in [1.807, 2.05) is 18.2 Å². The van der Waals surface area contributed by atoms with Crippen molar-refractivity contribution in [3.63, 3.8) is 0 Å². The molecule has 0 aromatic heterocycles. The average Bonchev–Trinajstić information content (AvgIpc) is 2.70. The van der Waals surface area contributed by atoms with Gasteiger partial charge in [0.1, 0.15) is 24.8 Å². The smallest absolute Gasteiger partial charge is 0.330 e. The fourth-order valence-electron chi connectivity index (χ4n) is 2.92. The molecule has 0 aliphatic heterocycles. The maximum absolute atomic E-state index is 14.6. The average molecular weight is 386 g/mol. The highest BCUT2D eigenvalue weighted by atomic mass is 19.1. The van der Waals surface area contributed by atoms with Crippen LogP contribution in [0.1, 0.15) is 30.9 Å². The Morgan fingerprint density at radius 2 is 2.00 bits per heavy atom. The molecule has 150 valence electrons. The van der Waals surface area contributed by atoms with Crippen LogP contribution in [0.25, 0.3) is 11.1 Å². The van der Waals surface area contributed by atoms with Gasteiger partial charge in [0.25, 0.3) is 0 Å². The van der Waals surface area contributed by atoms with E-state index in [1.165, 1.54) is 0 Å². The summed E-state index contributed by atoms with van der Waals surface area (Å²) in [5.41, 5.74) is 3.11. The fraction of sp³-hybridized carbons (Fsp3) is 0.348. The first kappa shape index (κ1) is 21.6. The van der Waals surface area contributed by atoms with Crippen molar-refractivity contribution >= 4 is 5.97 Å². The summed E-state index contributed by atoms with van der Waals surface area (Å²) in [6.07, 6.45) is 4.14. The van der Waals surface area contributed by atoms with Crippen LogP contribution < -0.4 is 4.74 Å². The molecule has 0 spiro atoms. The van der Waals surface area contributed by atoms with E-state index in [0.29, 0.717) is 29.7 Å². The van der Waals surface area contributed by atoms with Gasteiger partial charge in [0.2, 0.25) is 0 Å². The summed E-state index contributed by atoms with van der Waals surface area (Å²) < 4.78 is 25.3. The number of ether oxygens (including phenoxy) is 2. The molecule has 0 saturated heterocycles. The molecule has 0 amide bonds. The number of aliphatic hydroxyl groups excluding tert-OH is 1. The van der Waals surface area contributed by atoms with Gasteiger partial charge in [0.15, 0.2) is 0 Å². The zero-order chi connectivity index (χ0) is 20.4. The Morgan fingerprint density at radius 3 is 2.68 bits per heavy atom. The quantitative estimate of drug-likeness (QED) is 0.351. The first-order valence-corrected chi connectivity index (χ1v) is 9.53. The van der Waals surface area contributed by atoms with Crippen LogP contribution in [0.4, 0.5) is 4.39 Å². The maximum atomic E-state index is 14.6. The maximum Gasteiger partial charge on any atom is 0.330 e. The number of hydrogen-bond acceptors (Lipinski definition) is 4. The van der Waals surface area contributed by atoms with Crippen LogP contribution in [0.2, 0.25) is 0 Å². The second-order valence-electron chi connectivity index (χ2n) is 6.43. The zero-order valence-corrected chi connectivity index (χ0v) is 16.2. The van der Waals surface area contributed by atoms with E-state index >= 15 is 0 Å². The highest BCUT2D eigenvalue weighted by Gasteiger charge is 2.11. The van der Waals surface area contributed by atoms with E-state index in [0.717, 1.165) is 30.0 Å². The summed E-state index contributed by atoms with van der Waals surface area (Å²) in [4.78, 5) is 11.1. The van der Waals surface area contributed by atoms with Gasteiger partial charge in [0.05, 0.1) is 0 Å². The van der Waals surface area contributed by atoms with Gasteiger partial charge in [-0.2, -0.15) is 0 Å². The van der Waals surface area contributed by atoms with Crippen LogP contribution in [0.15, 0.2) is 49.1 Å². The van der Waals surface area contributed by atoms with E-state index in [9.17, 15) is 9.18 Å². The Hall–Kier alpha value is -2.66. The number of carbonyl (C=O) groups is 1. The number of benzene rings is 2. The molecule has 0 bridgehead atoms. The summed E-state index contributed by atoms with van der Waals surface area (Å²) in [6, 6.07) is 10.8. The second-order valence-corrected chi connectivity index (χ2v) is 6.43. The summed E-state index contributed by atoms with van der Waals surface area (Å²) in [6.45, 7) is 5.74.